The fourth-order valence-electron chi connectivity index (χ4n) is 0.567. The van der Waals surface area contributed by atoms with E-state index in [0.717, 1.165) is 0 Å². The fraction of sp³-hybridized carbons (Fsp3) is 1.00. The molecule has 0 amide bonds. The Labute approximate surface area is 63.3 Å². The summed E-state index contributed by atoms with van der Waals surface area (Å²) < 4.78 is 24.7. The molecular weight excluding hydrogens is 158 g/mol. The van der Waals surface area contributed by atoms with Crippen LogP contribution in [0.15, 0.2) is 0 Å². The van der Waals surface area contributed by atoms with Gasteiger partial charge in [-0.3, -0.25) is 0 Å². The van der Waals surface area contributed by atoms with Gasteiger partial charge in [-0.1, -0.05) is 13.3 Å². The maximum atomic E-state index is 12.4. The second kappa shape index (κ2) is 3.42. The average Bonchev–Trinajstić information content (AvgIpc) is 1.81. The zero-order chi connectivity index (χ0) is 9.12. The quantitative estimate of drug-likeness (QED) is 0.536. The third-order valence-corrected chi connectivity index (χ3v) is 1.34. The first-order chi connectivity index (χ1) is 4.81. The number of halogens is 2. The lowest BCUT2D eigenvalue weighted by Crippen LogP contribution is -2.47. The molecule has 68 valence electrons. The van der Waals surface area contributed by atoms with Gasteiger partial charge in [0.25, 0.3) is 0 Å². The van der Waals surface area contributed by atoms with Crippen LogP contribution in [0, 0.1) is 0 Å². The van der Waals surface area contributed by atoms with Crippen LogP contribution in [0.5, 0.6) is 0 Å². The molecule has 0 aromatic rings. The van der Waals surface area contributed by atoms with E-state index in [2.05, 4.69) is 0 Å². The van der Waals surface area contributed by atoms with E-state index < -0.39 is 18.3 Å². The van der Waals surface area contributed by atoms with Crippen molar-refractivity contribution in [3.8, 4) is 0 Å². The van der Waals surface area contributed by atoms with Crippen molar-refractivity contribution in [1.82, 2.24) is 0 Å². The van der Waals surface area contributed by atoms with E-state index in [9.17, 15) is 8.78 Å². The summed E-state index contributed by atoms with van der Waals surface area (Å²) in [6.07, 6.45) is -0.0882. The van der Waals surface area contributed by atoms with E-state index >= 15 is 0 Å². The number of hydrogen-bond acceptors (Lipinski definition) is 3. The minimum absolute atomic E-state index is 0.135. The number of unbranched alkanes of at least 4 members (excludes halogenated alkanes) is 1. The first-order valence-corrected chi connectivity index (χ1v) is 3.36. The third-order valence-electron chi connectivity index (χ3n) is 1.34. The van der Waals surface area contributed by atoms with Crippen molar-refractivity contribution in [3.63, 3.8) is 0 Å². The van der Waals surface area contributed by atoms with Crippen molar-refractivity contribution in [2.45, 2.75) is 38.1 Å². The van der Waals surface area contributed by atoms with Crippen LogP contribution >= 0.6 is 0 Å². The Morgan fingerprint density at radius 2 is 1.64 bits per heavy atom. The molecule has 0 heterocycles. The molecule has 0 aromatic heterocycles. The molecule has 3 nitrogen and oxygen atoms in total. The zero-order valence-electron chi connectivity index (χ0n) is 6.22. The first kappa shape index (κ1) is 10.7. The Balaban J connectivity index is 4.00. The van der Waals surface area contributed by atoms with Crippen LogP contribution in [0.2, 0.25) is 0 Å². The SMILES string of the molecule is CCCCC(F)(F)C(O)(O)O. The maximum Gasteiger partial charge on any atom is 0.343 e. The fourth-order valence-corrected chi connectivity index (χ4v) is 0.567. The van der Waals surface area contributed by atoms with Gasteiger partial charge in [-0.2, -0.15) is 8.78 Å². The molecule has 0 aliphatic rings. The molecule has 0 atom stereocenters. The molecule has 0 aliphatic heterocycles. The molecule has 0 saturated carbocycles. The van der Waals surface area contributed by atoms with Crippen molar-refractivity contribution in [3.05, 3.63) is 0 Å². The molecule has 0 rings (SSSR count). The van der Waals surface area contributed by atoms with Gasteiger partial charge in [0, 0.05) is 6.42 Å². The van der Waals surface area contributed by atoms with Crippen LogP contribution < -0.4 is 0 Å². The van der Waals surface area contributed by atoms with Gasteiger partial charge < -0.3 is 15.3 Å². The van der Waals surface area contributed by atoms with Gasteiger partial charge in [-0.15, -0.1) is 0 Å². The van der Waals surface area contributed by atoms with Crippen LogP contribution in [-0.4, -0.2) is 27.2 Å². The molecule has 0 saturated heterocycles. The summed E-state index contributed by atoms with van der Waals surface area (Å²) in [5, 5.41) is 24.4. The molecule has 0 spiro atoms. The zero-order valence-corrected chi connectivity index (χ0v) is 6.22. The highest BCUT2D eigenvalue weighted by Gasteiger charge is 2.50. The Hall–Kier alpha value is -0.260. The molecule has 0 aromatic carbocycles. The second-order valence-corrected chi connectivity index (χ2v) is 2.44. The minimum Gasteiger partial charge on any atom is -0.339 e. The lowest BCUT2D eigenvalue weighted by Gasteiger charge is -2.24. The Morgan fingerprint density at radius 3 is 1.91 bits per heavy atom. The van der Waals surface area contributed by atoms with Crippen molar-refractivity contribution in [1.29, 1.82) is 0 Å². The molecule has 0 fully saturated rings. The highest BCUT2D eigenvalue weighted by atomic mass is 19.3. The van der Waals surface area contributed by atoms with E-state index in [-0.39, 0.29) is 6.42 Å². The summed E-state index contributed by atoms with van der Waals surface area (Å²) in [7, 11) is 0. The summed E-state index contributed by atoms with van der Waals surface area (Å²) in [4.78, 5) is 0. The molecular formula is C6H12F2O3. The van der Waals surface area contributed by atoms with Gasteiger partial charge in [0.1, 0.15) is 0 Å². The monoisotopic (exact) mass is 170 g/mol. The van der Waals surface area contributed by atoms with E-state index in [4.69, 9.17) is 15.3 Å². The predicted octanol–water partition coefficient (Wildman–Crippen LogP) is 0.443. The van der Waals surface area contributed by atoms with E-state index in [1.807, 2.05) is 0 Å². The van der Waals surface area contributed by atoms with E-state index in [0.29, 0.717) is 6.42 Å². The smallest absolute Gasteiger partial charge is 0.339 e. The predicted molar refractivity (Wildman–Crippen MR) is 33.9 cm³/mol. The maximum absolute atomic E-state index is 12.4. The lowest BCUT2D eigenvalue weighted by molar-refractivity contribution is -0.407. The standard InChI is InChI=1S/C6H12F2O3/c1-2-3-4-5(7,8)6(9,10)11/h9-11H,2-4H2,1H3. The number of alkyl halides is 2. The molecule has 11 heavy (non-hydrogen) atoms. The van der Waals surface area contributed by atoms with Gasteiger partial charge in [0.2, 0.25) is 0 Å². The minimum atomic E-state index is -3.89. The normalized spacial score (nSPS) is 13.6. The molecule has 3 N–H and O–H groups in total. The van der Waals surface area contributed by atoms with Crippen molar-refractivity contribution >= 4 is 0 Å². The van der Waals surface area contributed by atoms with Crippen molar-refractivity contribution < 1.29 is 24.1 Å². The summed E-state index contributed by atoms with van der Waals surface area (Å²) in [6.45, 7) is 1.68. The second-order valence-electron chi connectivity index (χ2n) is 2.44. The van der Waals surface area contributed by atoms with Crippen molar-refractivity contribution in [2.24, 2.45) is 0 Å². The molecule has 0 unspecified atom stereocenters. The summed E-state index contributed by atoms with van der Waals surface area (Å²) in [6, 6.07) is 0. The largest absolute Gasteiger partial charge is 0.343 e. The number of aliphatic hydroxyl groups is 3. The first-order valence-electron chi connectivity index (χ1n) is 3.36. The van der Waals surface area contributed by atoms with Crippen LogP contribution in [0.25, 0.3) is 0 Å². The Morgan fingerprint density at radius 1 is 1.18 bits per heavy atom. The Kier molecular flexibility index (Phi) is 3.34. The number of hydrogen-bond donors (Lipinski definition) is 3. The van der Waals surface area contributed by atoms with Crippen LogP contribution in [-0.2, 0) is 0 Å². The van der Waals surface area contributed by atoms with Gasteiger partial charge in [-0.05, 0) is 6.42 Å². The Bertz CT molecular complexity index is 119. The van der Waals surface area contributed by atoms with E-state index in [1.54, 1.807) is 6.92 Å². The van der Waals surface area contributed by atoms with E-state index in [1.165, 1.54) is 0 Å². The molecule has 0 aliphatic carbocycles. The number of rotatable bonds is 4. The third kappa shape index (κ3) is 3.09. The summed E-state index contributed by atoms with van der Waals surface area (Å²) in [5.41, 5.74) is 0. The van der Waals surface area contributed by atoms with Gasteiger partial charge >= 0.3 is 11.9 Å². The highest BCUT2D eigenvalue weighted by molar-refractivity contribution is 4.73. The highest BCUT2D eigenvalue weighted by Crippen LogP contribution is 2.29. The molecule has 0 bridgehead atoms. The summed E-state index contributed by atoms with van der Waals surface area (Å²) >= 11 is 0. The van der Waals surface area contributed by atoms with Gasteiger partial charge in [0.15, 0.2) is 0 Å². The van der Waals surface area contributed by atoms with Crippen LogP contribution in [0.4, 0.5) is 8.78 Å². The van der Waals surface area contributed by atoms with Gasteiger partial charge in [0.05, 0.1) is 0 Å². The van der Waals surface area contributed by atoms with Gasteiger partial charge in [-0.25, -0.2) is 0 Å². The average molecular weight is 170 g/mol. The van der Waals surface area contributed by atoms with Crippen LogP contribution in [0.1, 0.15) is 26.2 Å². The van der Waals surface area contributed by atoms with Crippen LogP contribution in [0.3, 0.4) is 0 Å². The lowest BCUT2D eigenvalue weighted by atomic mass is 10.1. The van der Waals surface area contributed by atoms with Crippen molar-refractivity contribution in [2.75, 3.05) is 0 Å². The topological polar surface area (TPSA) is 60.7 Å². The summed E-state index contributed by atoms with van der Waals surface area (Å²) in [5.74, 6) is -7.73. The molecule has 0 radical (unpaired) electrons. The molecule has 5 heteroatoms.